The molecular weight excluding hydrogens is 296 g/mol. The summed E-state index contributed by atoms with van der Waals surface area (Å²) in [5, 5.41) is 0. The summed E-state index contributed by atoms with van der Waals surface area (Å²) in [5.41, 5.74) is 7.14. The van der Waals surface area contributed by atoms with E-state index in [2.05, 4.69) is 18.7 Å². The summed E-state index contributed by atoms with van der Waals surface area (Å²) in [4.78, 5) is 2.36. The molecule has 1 aliphatic rings. The summed E-state index contributed by atoms with van der Waals surface area (Å²) in [6.45, 7) is 6.39. The molecule has 6 nitrogen and oxygen atoms in total. The lowest BCUT2D eigenvalue weighted by molar-refractivity contribution is -0.0799. The van der Waals surface area contributed by atoms with Gasteiger partial charge in [0.05, 0.1) is 33.5 Å². The highest BCUT2D eigenvalue weighted by atomic mass is 16.5. The first-order valence-electron chi connectivity index (χ1n) is 7.93. The zero-order chi connectivity index (χ0) is 17.0. The highest BCUT2D eigenvalue weighted by Crippen LogP contribution is 2.40. The first-order chi connectivity index (χ1) is 11.0. The topological polar surface area (TPSA) is 66.2 Å². The van der Waals surface area contributed by atoms with E-state index in [0.29, 0.717) is 23.8 Å². The van der Waals surface area contributed by atoms with E-state index < -0.39 is 0 Å². The monoisotopic (exact) mass is 324 g/mol. The molecule has 130 valence electrons. The van der Waals surface area contributed by atoms with E-state index in [9.17, 15) is 0 Å². The summed E-state index contributed by atoms with van der Waals surface area (Å²) in [7, 11) is 4.85. The number of benzene rings is 1. The van der Waals surface area contributed by atoms with Crippen LogP contribution in [0.2, 0.25) is 0 Å². The average Bonchev–Trinajstić information content (AvgIpc) is 2.53. The van der Waals surface area contributed by atoms with Gasteiger partial charge in [-0.2, -0.15) is 0 Å². The van der Waals surface area contributed by atoms with E-state index >= 15 is 0 Å². The Morgan fingerprint density at radius 3 is 2.00 bits per heavy atom. The van der Waals surface area contributed by atoms with Crippen LogP contribution in [0.4, 0.5) is 0 Å². The van der Waals surface area contributed by atoms with Gasteiger partial charge in [0.15, 0.2) is 11.5 Å². The number of rotatable bonds is 6. The summed E-state index contributed by atoms with van der Waals surface area (Å²) >= 11 is 0. The third-order valence-electron chi connectivity index (χ3n) is 4.18. The van der Waals surface area contributed by atoms with Crippen molar-refractivity contribution in [2.45, 2.75) is 32.1 Å². The number of ether oxygens (including phenoxy) is 4. The smallest absolute Gasteiger partial charge is 0.203 e. The SMILES string of the molecule is COc1cc(C(CN)N2CC(C)OC(C)C2)cc(OC)c1OC. The number of hydrogen-bond acceptors (Lipinski definition) is 6. The third kappa shape index (κ3) is 3.88. The maximum atomic E-state index is 6.08. The van der Waals surface area contributed by atoms with Crippen molar-refractivity contribution in [3.05, 3.63) is 17.7 Å². The van der Waals surface area contributed by atoms with E-state index in [-0.39, 0.29) is 18.2 Å². The molecule has 0 saturated carbocycles. The largest absolute Gasteiger partial charge is 0.493 e. The molecule has 23 heavy (non-hydrogen) atoms. The molecule has 0 amide bonds. The highest BCUT2D eigenvalue weighted by molar-refractivity contribution is 5.54. The van der Waals surface area contributed by atoms with E-state index in [1.165, 1.54) is 0 Å². The molecule has 6 heteroatoms. The van der Waals surface area contributed by atoms with Crippen molar-refractivity contribution in [2.24, 2.45) is 5.73 Å². The molecule has 3 atom stereocenters. The van der Waals surface area contributed by atoms with E-state index in [1.807, 2.05) is 12.1 Å². The Hall–Kier alpha value is -1.50. The second kappa shape index (κ2) is 7.86. The molecule has 3 unspecified atom stereocenters. The number of hydrogen-bond donors (Lipinski definition) is 1. The number of methoxy groups -OCH3 is 3. The molecule has 0 bridgehead atoms. The van der Waals surface area contributed by atoms with Crippen LogP contribution in [0, 0.1) is 0 Å². The van der Waals surface area contributed by atoms with Crippen molar-refractivity contribution in [1.82, 2.24) is 4.90 Å². The zero-order valence-corrected chi connectivity index (χ0v) is 14.7. The van der Waals surface area contributed by atoms with Gasteiger partial charge in [-0.3, -0.25) is 4.90 Å². The van der Waals surface area contributed by atoms with Crippen LogP contribution >= 0.6 is 0 Å². The lowest BCUT2D eigenvalue weighted by Gasteiger charge is -2.40. The molecule has 0 spiro atoms. The summed E-state index contributed by atoms with van der Waals surface area (Å²) in [5.74, 6) is 1.89. The lowest BCUT2D eigenvalue weighted by atomic mass is 10.0. The van der Waals surface area contributed by atoms with Gasteiger partial charge in [-0.25, -0.2) is 0 Å². The molecular formula is C17H28N2O4. The van der Waals surface area contributed by atoms with Crippen LogP contribution in [-0.4, -0.2) is 58.1 Å². The minimum Gasteiger partial charge on any atom is -0.493 e. The number of morpholine rings is 1. The molecule has 0 radical (unpaired) electrons. The third-order valence-corrected chi connectivity index (χ3v) is 4.18. The van der Waals surface area contributed by atoms with Crippen LogP contribution in [-0.2, 0) is 4.74 Å². The van der Waals surface area contributed by atoms with Crippen LogP contribution in [0.15, 0.2) is 12.1 Å². The van der Waals surface area contributed by atoms with Gasteiger partial charge >= 0.3 is 0 Å². The molecule has 2 rings (SSSR count). The molecule has 1 aromatic carbocycles. The summed E-state index contributed by atoms with van der Waals surface area (Å²) < 4.78 is 22.1. The van der Waals surface area contributed by atoms with Crippen LogP contribution < -0.4 is 19.9 Å². The highest BCUT2D eigenvalue weighted by Gasteiger charge is 2.29. The van der Waals surface area contributed by atoms with Crippen molar-refractivity contribution in [3.63, 3.8) is 0 Å². The summed E-state index contributed by atoms with van der Waals surface area (Å²) in [6.07, 6.45) is 0.379. The number of nitrogens with zero attached hydrogens (tertiary/aromatic N) is 1. The summed E-state index contributed by atoms with van der Waals surface area (Å²) in [6, 6.07) is 4.03. The van der Waals surface area contributed by atoms with Gasteiger partial charge in [-0.05, 0) is 31.5 Å². The first kappa shape index (κ1) is 17.8. The minimum atomic E-state index is 0.0810. The first-order valence-corrected chi connectivity index (χ1v) is 7.93. The van der Waals surface area contributed by atoms with Gasteiger partial charge in [0, 0.05) is 25.7 Å². The number of nitrogens with two attached hydrogens (primary N) is 1. The Morgan fingerprint density at radius 2 is 1.61 bits per heavy atom. The normalized spacial score (nSPS) is 23.4. The Labute approximate surface area is 138 Å². The maximum absolute atomic E-state index is 6.08. The fraction of sp³-hybridized carbons (Fsp3) is 0.647. The van der Waals surface area contributed by atoms with Crippen LogP contribution in [0.25, 0.3) is 0 Å². The predicted octanol–water partition coefficient (Wildman–Crippen LogP) is 1.82. The van der Waals surface area contributed by atoms with E-state index in [4.69, 9.17) is 24.7 Å². The molecule has 1 heterocycles. The van der Waals surface area contributed by atoms with E-state index in [0.717, 1.165) is 18.7 Å². The molecule has 1 fully saturated rings. The zero-order valence-electron chi connectivity index (χ0n) is 14.7. The quantitative estimate of drug-likeness (QED) is 0.861. The predicted molar refractivity (Wildman–Crippen MR) is 89.5 cm³/mol. The molecule has 0 aliphatic carbocycles. The second-order valence-corrected chi connectivity index (χ2v) is 5.92. The molecule has 0 aromatic heterocycles. The lowest BCUT2D eigenvalue weighted by Crippen LogP contribution is -2.48. The second-order valence-electron chi connectivity index (χ2n) is 5.92. The molecule has 1 saturated heterocycles. The van der Waals surface area contributed by atoms with Crippen molar-refractivity contribution in [1.29, 1.82) is 0 Å². The van der Waals surface area contributed by atoms with Crippen molar-refractivity contribution < 1.29 is 18.9 Å². The average molecular weight is 324 g/mol. The Morgan fingerprint density at radius 1 is 1.09 bits per heavy atom. The Balaban J connectivity index is 2.37. The van der Waals surface area contributed by atoms with Crippen LogP contribution in [0.3, 0.4) is 0 Å². The standard InChI is InChI=1S/C17H28N2O4/c1-11-9-19(10-12(2)23-11)14(8-18)13-6-15(20-3)17(22-5)16(7-13)21-4/h6-7,11-12,14H,8-10,18H2,1-5H3. The fourth-order valence-corrected chi connectivity index (χ4v) is 3.26. The van der Waals surface area contributed by atoms with Crippen molar-refractivity contribution >= 4 is 0 Å². The van der Waals surface area contributed by atoms with Gasteiger partial charge in [-0.1, -0.05) is 0 Å². The van der Waals surface area contributed by atoms with Gasteiger partial charge in [0.25, 0.3) is 0 Å². The Kier molecular flexibility index (Phi) is 6.10. The van der Waals surface area contributed by atoms with Crippen molar-refractivity contribution in [3.8, 4) is 17.2 Å². The maximum Gasteiger partial charge on any atom is 0.203 e. The molecule has 1 aromatic rings. The molecule has 2 N–H and O–H groups in total. The van der Waals surface area contributed by atoms with Crippen LogP contribution in [0.5, 0.6) is 17.2 Å². The van der Waals surface area contributed by atoms with Gasteiger partial charge in [-0.15, -0.1) is 0 Å². The fourth-order valence-electron chi connectivity index (χ4n) is 3.26. The van der Waals surface area contributed by atoms with Gasteiger partial charge < -0.3 is 24.7 Å². The van der Waals surface area contributed by atoms with Gasteiger partial charge in [0.1, 0.15) is 0 Å². The molecule has 1 aliphatic heterocycles. The minimum absolute atomic E-state index is 0.0810. The van der Waals surface area contributed by atoms with Crippen molar-refractivity contribution in [2.75, 3.05) is 41.0 Å². The van der Waals surface area contributed by atoms with Crippen LogP contribution in [0.1, 0.15) is 25.5 Å². The Bertz CT molecular complexity index is 488. The van der Waals surface area contributed by atoms with E-state index in [1.54, 1.807) is 21.3 Å². The van der Waals surface area contributed by atoms with Gasteiger partial charge in [0.2, 0.25) is 5.75 Å².